The average molecular weight is 377 g/mol. The molecule has 28 heavy (non-hydrogen) atoms. The predicted octanol–water partition coefficient (Wildman–Crippen LogP) is 2.54. The van der Waals surface area contributed by atoms with E-state index in [9.17, 15) is 9.59 Å². The number of rotatable bonds is 6. The number of amides is 1. The van der Waals surface area contributed by atoms with Crippen molar-refractivity contribution in [2.45, 2.75) is 6.54 Å². The fourth-order valence-electron chi connectivity index (χ4n) is 3.85. The molecule has 0 bridgehead atoms. The van der Waals surface area contributed by atoms with Gasteiger partial charge in [-0.1, -0.05) is 30.3 Å². The minimum atomic E-state index is -0.0822. The van der Waals surface area contributed by atoms with Gasteiger partial charge in [-0.3, -0.25) is 9.59 Å². The summed E-state index contributed by atoms with van der Waals surface area (Å²) in [5, 5.41) is 3.72. The molecular formula is C22H23N3O3. The van der Waals surface area contributed by atoms with Crippen LogP contribution in [0.15, 0.2) is 42.5 Å². The molecule has 1 aromatic heterocycles. The summed E-state index contributed by atoms with van der Waals surface area (Å²) >= 11 is 0. The number of nitrogens with zero attached hydrogens (tertiary/aromatic N) is 2. The van der Waals surface area contributed by atoms with E-state index >= 15 is 0 Å². The van der Waals surface area contributed by atoms with Crippen LogP contribution >= 0.6 is 0 Å². The van der Waals surface area contributed by atoms with Crippen molar-refractivity contribution in [2.75, 3.05) is 34.3 Å². The van der Waals surface area contributed by atoms with Crippen molar-refractivity contribution in [3.8, 4) is 17.0 Å². The van der Waals surface area contributed by atoms with Crippen LogP contribution in [0.5, 0.6) is 5.75 Å². The molecular weight excluding hydrogens is 354 g/mol. The van der Waals surface area contributed by atoms with Gasteiger partial charge in [0.05, 0.1) is 29.3 Å². The molecule has 0 unspecified atom stereocenters. The highest BCUT2D eigenvalue weighted by Gasteiger charge is 2.34. The Labute approximate surface area is 163 Å². The highest BCUT2D eigenvalue weighted by atomic mass is 16.5. The fraction of sp³-hybridized carbons (Fsp3) is 0.273. The van der Waals surface area contributed by atoms with Gasteiger partial charge in [0.25, 0.3) is 0 Å². The Kier molecular flexibility index (Phi) is 4.65. The molecule has 1 heterocycles. The van der Waals surface area contributed by atoms with Crippen LogP contribution in [-0.2, 0) is 11.3 Å². The van der Waals surface area contributed by atoms with E-state index < -0.39 is 0 Å². The monoisotopic (exact) mass is 377 g/mol. The van der Waals surface area contributed by atoms with Gasteiger partial charge in [-0.05, 0) is 26.2 Å². The Morgan fingerprint density at radius 3 is 2.57 bits per heavy atom. The van der Waals surface area contributed by atoms with Gasteiger partial charge in [0.15, 0.2) is 5.78 Å². The van der Waals surface area contributed by atoms with Crippen molar-refractivity contribution in [3.05, 3.63) is 53.6 Å². The van der Waals surface area contributed by atoms with Crippen LogP contribution in [0.2, 0.25) is 0 Å². The van der Waals surface area contributed by atoms with E-state index in [1.165, 1.54) is 0 Å². The quantitative estimate of drug-likeness (QED) is 0.561. The Morgan fingerprint density at radius 1 is 1.11 bits per heavy atom. The van der Waals surface area contributed by atoms with Gasteiger partial charge in [-0.15, -0.1) is 0 Å². The topological polar surface area (TPSA) is 63.6 Å². The normalized spacial score (nSPS) is 12.4. The number of ether oxygens (including phenoxy) is 1. The minimum Gasteiger partial charge on any atom is -0.496 e. The molecule has 0 saturated carbocycles. The molecule has 1 aliphatic rings. The molecule has 0 radical (unpaired) electrons. The average Bonchev–Trinajstić information content (AvgIpc) is 3.16. The number of hydrogen-bond acceptors (Lipinski definition) is 4. The third kappa shape index (κ3) is 2.86. The van der Waals surface area contributed by atoms with Gasteiger partial charge in [0.1, 0.15) is 12.3 Å². The van der Waals surface area contributed by atoms with Crippen LogP contribution in [-0.4, -0.2) is 55.5 Å². The predicted molar refractivity (Wildman–Crippen MR) is 109 cm³/mol. The second kappa shape index (κ2) is 7.13. The number of ketones is 1. The molecule has 4 rings (SSSR count). The maximum Gasteiger partial charge on any atom is 0.240 e. The van der Waals surface area contributed by atoms with E-state index in [0.29, 0.717) is 23.4 Å². The van der Waals surface area contributed by atoms with E-state index in [1.807, 2.05) is 66.0 Å². The largest absolute Gasteiger partial charge is 0.496 e. The van der Waals surface area contributed by atoms with E-state index in [2.05, 4.69) is 5.32 Å². The van der Waals surface area contributed by atoms with Gasteiger partial charge in [-0.2, -0.15) is 0 Å². The SMILES string of the molecule is COc1cccc2c1c1c(n2CC(=O)NCCN(C)C)-c2ccccc2C1=O. The van der Waals surface area contributed by atoms with E-state index in [4.69, 9.17) is 4.74 Å². The van der Waals surface area contributed by atoms with Crippen LogP contribution in [0.25, 0.3) is 22.2 Å². The zero-order chi connectivity index (χ0) is 19.8. The first-order valence-corrected chi connectivity index (χ1v) is 9.27. The third-order valence-corrected chi connectivity index (χ3v) is 5.11. The first-order chi connectivity index (χ1) is 13.5. The van der Waals surface area contributed by atoms with Crippen molar-refractivity contribution < 1.29 is 14.3 Å². The zero-order valence-corrected chi connectivity index (χ0v) is 16.3. The van der Waals surface area contributed by atoms with E-state index in [0.717, 1.165) is 28.7 Å². The summed E-state index contributed by atoms with van der Waals surface area (Å²) in [7, 11) is 5.53. The Balaban J connectivity index is 1.84. The highest BCUT2D eigenvalue weighted by molar-refractivity contribution is 6.28. The molecule has 1 amide bonds. The fourth-order valence-corrected chi connectivity index (χ4v) is 3.85. The van der Waals surface area contributed by atoms with Crippen molar-refractivity contribution in [2.24, 2.45) is 0 Å². The van der Waals surface area contributed by atoms with Crippen molar-refractivity contribution in [1.82, 2.24) is 14.8 Å². The Hall–Kier alpha value is -3.12. The lowest BCUT2D eigenvalue weighted by atomic mass is 10.1. The first-order valence-electron chi connectivity index (χ1n) is 9.27. The highest BCUT2D eigenvalue weighted by Crippen LogP contribution is 2.45. The molecule has 6 heteroatoms. The van der Waals surface area contributed by atoms with Crippen LogP contribution in [0.1, 0.15) is 15.9 Å². The lowest BCUT2D eigenvalue weighted by Crippen LogP contribution is -2.33. The number of likely N-dealkylation sites (N-methyl/N-ethyl adjacent to an activating group) is 1. The van der Waals surface area contributed by atoms with E-state index in [-0.39, 0.29) is 18.2 Å². The molecule has 3 aromatic rings. The lowest BCUT2D eigenvalue weighted by molar-refractivity contribution is -0.121. The second-order valence-electron chi connectivity index (χ2n) is 7.19. The number of carbonyl (C=O) groups is 2. The van der Waals surface area contributed by atoms with Crippen molar-refractivity contribution in [3.63, 3.8) is 0 Å². The summed E-state index contributed by atoms with van der Waals surface area (Å²) in [5.74, 6) is 0.537. The molecule has 0 aliphatic heterocycles. The van der Waals surface area contributed by atoms with Gasteiger partial charge in [0.2, 0.25) is 5.91 Å². The second-order valence-corrected chi connectivity index (χ2v) is 7.19. The van der Waals surface area contributed by atoms with Gasteiger partial charge >= 0.3 is 0 Å². The molecule has 2 aromatic carbocycles. The molecule has 6 nitrogen and oxygen atoms in total. The number of hydrogen-bond donors (Lipinski definition) is 1. The van der Waals surface area contributed by atoms with Gasteiger partial charge < -0.3 is 19.5 Å². The van der Waals surface area contributed by atoms with Crippen LogP contribution in [0.4, 0.5) is 0 Å². The summed E-state index contributed by atoms with van der Waals surface area (Å²) in [6, 6.07) is 13.2. The molecule has 1 N–H and O–H groups in total. The Morgan fingerprint density at radius 2 is 1.86 bits per heavy atom. The standard InChI is InChI=1S/C22H23N3O3/c1-24(2)12-11-23-18(26)13-25-16-9-6-10-17(28-3)19(16)20-21(25)14-7-4-5-8-15(14)22(20)27/h4-10H,11-13H2,1-3H3,(H,23,26). The zero-order valence-electron chi connectivity index (χ0n) is 16.3. The number of methoxy groups -OCH3 is 1. The summed E-state index contributed by atoms with van der Waals surface area (Å²) in [6.45, 7) is 1.49. The maximum atomic E-state index is 13.1. The summed E-state index contributed by atoms with van der Waals surface area (Å²) in [4.78, 5) is 27.8. The number of aromatic nitrogens is 1. The molecule has 1 aliphatic carbocycles. The maximum absolute atomic E-state index is 13.1. The number of fused-ring (bicyclic) bond motifs is 5. The minimum absolute atomic E-state index is 0.0214. The summed E-state index contributed by atoms with van der Waals surface area (Å²) < 4.78 is 7.47. The van der Waals surface area contributed by atoms with Gasteiger partial charge in [0, 0.05) is 24.2 Å². The number of carbonyl (C=O) groups excluding carboxylic acids is 2. The molecule has 0 fully saturated rings. The van der Waals surface area contributed by atoms with Crippen LogP contribution < -0.4 is 10.1 Å². The lowest BCUT2D eigenvalue weighted by Gasteiger charge is -2.13. The van der Waals surface area contributed by atoms with Crippen LogP contribution in [0.3, 0.4) is 0 Å². The smallest absolute Gasteiger partial charge is 0.240 e. The molecule has 144 valence electrons. The first kappa shape index (κ1) is 18.3. The van der Waals surface area contributed by atoms with Crippen molar-refractivity contribution >= 4 is 22.6 Å². The van der Waals surface area contributed by atoms with Crippen LogP contribution in [0, 0.1) is 0 Å². The Bertz CT molecular complexity index is 1080. The third-order valence-electron chi connectivity index (χ3n) is 5.11. The number of nitrogens with one attached hydrogen (secondary N) is 1. The van der Waals surface area contributed by atoms with Crippen molar-refractivity contribution in [1.29, 1.82) is 0 Å². The summed E-state index contributed by atoms with van der Waals surface area (Å²) in [5.41, 5.74) is 3.77. The number of benzene rings is 2. The summed E-state index contributed by atoms with van der Waals surface area (Å²) in [6.07, 6.45) is 0. The molecule has 0 atom stereocenters. The van der Waals surface area contributed by atoms with E-state index in [1.54, 1.807) is 7.11 Å². The molecule has 0 spiro atoms. The molecule has 0 saturated heterocycles. The van der Waals surface area contributed by atoms with Gasteiger partial charge in [-0.25, -0.2) is 0 Å².